The number of hydrogen-bond acceptors (Lipinski definition) is 6. The molecule has 7 nitrogen and oxygen atoms in total. The number of carbonyl (C=O) groups excluding carboxylic acids is 2. The average Bonchev–Trinajstić information content (AvgIpc) is 3.19. The Morgan fingerprint density at radius 2 is 1.88 bits per heavy atom. The first-order chi connectivity index (χ1) is 15.2. The van der Waals surface area contributed by atoms with Crippen molar-refractivity contribution >= 4 is 40.0 Å². The van der Waals surface area contributed by atoms with Crippen LogP contribution in [-0.4, -0.2) is 43.3 Å². The second-order valence-electron chi connectivity index (χ2n) is 9.01. The molecular formula is C24H27ClN4O3. The summed E-state index contributed by atoms with van der Waals surface area (Å²) in [6.45, 7) is 3.09. The maximum absolute atomic E-state index is 13.2. The van der Waals surface area contributed by atoms with Crippen molar-refractivity contribution in [1.82, 2.24) is 15.0 Å². The predicted octanol–water partition coefficient (Wildman–Crippen LogP) is 4.54. The number of ketones is 2. The van der Waals surface area contributed by atoms with Crippen molar-refractivity contribution < 1.29 is 14.7 Å². The summed E-state index contributed by atoms with van der Waals surface area (Å²) in [5.74, 6) is 0.597. The normalized spacial score (nSPS) is 19.1. The Morgan fingerprint density at radius 1 is 1.16 bits per heavy atom. The van der Waals surface area contributed by atoms with E-state index in [2.05, 4.69) is 20.3 Å². The highest BCUT2D eigenvalue weighted by Gasteiger charge is 2.30. The van der Waals surface area contributed by atoms with E-state index in [4.69, 9.17) is 11.6 Å². The van der Waals surface area contributed by atoms with Crippen LogP contribution in [0.15, 0.2) is 36.8 Å². The molecule has 0 spiro atoms. The van der Waals surface area contributed by atoms with Gasteiger partial charge in [0, 0.05) is 24.2 Å². The Hall–Kier alpha value is -2.77. The number of H-pyrrole nitrogens is 1. The SMILES string of the molecule is CC(C)(O)C(=O)CC1CCC(Nc2ncnc3[nH]cc(C(=O)c4ccccc4Cl)c23)CC1. The molecule has 0 bridgehead atoms. The molecule has 8 heteroatoms. The van der Waals surface area contributed by atoms with Crippen molar-refractivity contribution in [2.75, 3.05) is 5.32 Å². The van der Waals surface area contributed by atoms with Crippen LogP contribution >= 0.6 is 11.6 Å². The monoisotopic (exact) mass is 454 g/mol. The molecule has 1 aliphatic rings. The van der Waals surface area contributed by atoms with Gasteiger partial charge in [-0.3, -0.25) is 9.59 Å². The lowest BCUT2D eigenvalue weighted by atomic mass is 9.81. The molecule has 32 heavy (non-hydrogen) atoms. The van der Waals surface area contributed by atoms with Crippen LogP contribution in [0.25, 0.3) is 11.0 Å². The van der Waals surface area contributed by atoms with Gasteiger partial charge in [0.15, 0.2) is 11.6 Å². The first-order valence-corrected chi connectivity index (χ1v) is 11.3. The van der Waals surface area contributed by atoms with Gasteiger partial charge in [0.1, 0.15) is 23.4 Å². The summed E-state index contributed by atoms with van der Waals surface area (Å²) in [6.07, 6.45) is 7.08. The fourth-order valence-electron chi connectivity index (χ4n) is 4.26. The topological polar surface area (TPSA) is 108 Å². The zero-order valence-electron chi connectivity index (χ0n) is 18.2. The number of fused-ring (bicyclic) bond motifs is 1. The van der Waals surface area contributed by atoms with E-state index in [1.54, 1.807) is 44.3 Å². The molecule has 3 aromatic rings. The van der Waals surface area contributed by atoms with E-state index in [9.17, 15) is 14.7 Å². The highest BCUT2D eigenvalue weighted by Crippen LogP contribution is 2.32. The molecule has 1 aromatic carbocycles. The van der Waals surface area contributed by atoms with Crippen molar-refractivity contribution in [1.29, 1.82) is 0 Å². The fraction of sp³-hybridized carbons (Fsp3) is 0.417. The average molecular weight is 455 g/mol. The quantitative estimate of drug-likeness (QED) is 0.452. The summed E-state index contributed by atoms with van der Waals surface area (Å²) in [6, 6.07) is 7.15. The zero-order chi connectivity index (χ0) is 22.9. The van der Waals surface area contributed by atoms with Gasteiger partial charge in [-0.25, -0.2) is 9.97 Å². The molecule has 1 aliphatic carbocycles. The van der Waals surface area contributed by atoms with Gasteiger partial charge >= 0.3 is 0 Å². The van der Waals surface area contributed by atoms with Gasteiger partial charge in [-0.2, -0.15) is 0 Å². The van der Waals surface area contributed by atoms with Crippen molar-refractivity contribution in [3.63, 3.8) is 0 Å². The lowest BCUT2D eigenvalue weighted by Crippen LogP contribution is -2.34. The summed E-state index contributed by atoms with van der Waals surface area (Å²) < 4.78 is 0. The highest BCUT2D eigenvalue weighted by molar-refractivity contribution is 6.35. The molecule has 2 aromatic heterocycles. The third kappa shape index (κ3) is 4.69. The third-order valence-electron chi connectivity index (χ3n) is 6.18. The van der Waals surface area contributed by atoms with Crippen LogP contribution in [0.3, 0.4) is 0 Å². The van der Waals surface area contributed by atoms with E-state index in [1.165, 1.54) is 6.33 Å². The number of carbonyl (C=O) groups is 2. The van der Waals surface area contributed by atoms with Crippen LogP contribution in [-0.2, 0) is 4.79 Å². The van der Waals surface area contributed by atoms with E-state index in [0.717, 1.165) is 25.7 Å². The fourth-order valence-corrected chi connectivity index (χ4v) is 4.48. The van der Waals surface area contributed by atoms with Gasteiger partial charge in [0.25, 0.3) is 0 Å². The summed E-state index contributed by atoms with van der Waals surface area (Å²) in [7, 11) is 0. The summed E-state index contributed by atoms with van der Waals surface area (Å²) in [4.78, 5) is 37.1. The second-order valence-corrected chi connectivity index (χ2v) is 9.41. The van der Waals surface area contributed by atoms with Gasteiger partial charge in [-0.05, 0) is 57.6 Å². The van der Waals surface area contributed by atoms with E-state index < -0.39 is 5.60 Å². The molecule has 1 fully saturated rings. The van der Waals surface area contributed by atoms with Crippen LogP contribution in [0.1, 0.15) is 61.9 Å². The molecule has 0 aliphatic heterocycles. The van der Waals surface area contributed by atoms with Crippen molar-refractivity contribution in [3.8, 4) is 0 Å². The molecule has 0 unspecified atom stereocenters. The first-order valence-electron chi connectivity index (χ1n) is 10.9. The smallest absolute Gasteiger partial charge is 0.196 e. The maximum Gasteiger partial charge on any atom is 0.196 e. The van der Waals surface area contributed by atoms with Gasteiger partial charge < -0.3 is 15.4 Å². The van der Waals surface area contributed by atoms with Crippen molar-refractivity contribution in [2.45, 2.75) is 57.6 Å². The summed E-state index contributed by atoms with van der Waals surface area (Å²) in [5, 5.41) is 14.4. The van der Waals surface area contributed by atoms with Crippen LogP contribution in [0.5, 0.6) is 0 Å². The number of hydrogen-bond donors (Lipinski definition) is 3. The van der Waals surface area contributed by atoms with Crippen molar-refractivity contribution in [2.24, 2.45) is 5.92 Å². The van der Waals surface area contributed by atoms with E-state index in [1.807, 2.05) is 0 Å². The molecule has 0 saturated heterocycles. The summed E-state index contributed by atoms with van der Waals surface area (Å²) >= 11 is 6.24. The number of anilines is 1. The van der Waals surface area contributed by atoms with Gasteiger partial charge in [-0.15, -0.1) is 0 Å². The Bertz CT molecular complexity index is 1140. The van der Waals surface area contributed by atoms with Gasteiger partial charge in [0.05, 0.1) is 16.0 Å². The molecule has 0 amide bonds. The maximum atomic E-state index is 13.2. The van der Waals surface area contributed by atoms with E-state index in [0.29, 0.717) is 39.4 Å². The number of halogens is 1. The molecule has 0 radical (unpaired) electrons. The molecular weight excluding hydrogens is 428 g/mol. The van der Waals surface area contributed by atoms with Crippen LogP contribution in [0.2, 0.25) is 5.02 Å². The van der Waals surface area contributed by atoms with Crippen LogP contribution in [0, 0.1) is 5.92 Å². The Kier molecular flexibility index (Phi) is 6.31. The molecule has 168 valence electrons. The standard InChI is InChI=1S/C24H27ClN4O3/c1-24(2,32)19(30)11-14-7-9-15(10-8-14)29-23-20-17(12-26-22(20)27-13-28-23)21(31)16-5-3-4-6-18(16)25/h3-6,12-15,32H,7-11H2,1-2H3,(H2,26,27,28,29). The lowest BCUT2D eigenvalue weighted by molar-refractivity contribution is -0.135. The minimum atomic E-state index is -1.28. The van der Waals surface area contributed by atoms with Gasteiger partial charge in [0.2, 0.25) is 0 Å². The number of aromatic amines is 1. The third-order valence-corrected chi connectivity index (χ3v) is 6.51. The van der Waals surface area contributed by atoms with Crippen LogP contribution < -0.4 is 5.32 Å². The number of rotatable bonds is 7. The number of aromatic nitrogens is 3. The summed E-state index contributed by atoms with van der Waals surface area (Å²) in [5.41, 5.74) is 0.213. The second kappa shape index (κ2) is 9.00. The number of nitrogens with one attached hydrogen (secondary N) is 2. The largest absolute Gasteiger partial charge is 0.383 e. The minimum absolute atomic E-state index is 0.110. The lowest BCUT2D eigenvalue weighted by Gasteiger charge is -2.30. The number of aliphatic hydroxyl groups is 1. The molecule has 1 saturated carbocycles. The number of Topliss-reactive ketones (excluding diaryl/α,β-unsaturated/α-hetero) is 1. The number of benzene rings is 1. The van der Waals surface area contributed by atoms with Gasteiger partial charge in [-0.1, -0.05) is 23.7 Å². The molecule has 3 N–H and O–H groups in total. The van der Waals surface area contributed by atoms with Crippen molar-refractivity contribution in [3.05, 3.63) is 52.9 Å². The van der Waals surface area contributed by atoms with Crippen LogP contribution in [0.4, 0.5) is 5.82 Å². The predicted molar refractivity (Wildman–Crippen MR) is 124 cm³/mol. The Balaban J connectivity index is 1.50. The Morgan fingerprint density at radius 3 is 2.56 bits per heavy atom. The Labute approximate surface area is 191 Å². The highest BCUT2D eigenvalue weighted by atomic mass is 35.5. The van der Waals surface area contributed by atoms with E-state index in [-0.39, 0.29) is 23.5 Å². The first kappa shape index (κ1) is 22.4. The minimum Gasteiger partial charge on any atom is -0.383 e. The molecule has 4 rings (SSSR count). The zero-order valence-corrected chi connectivity index (χ0v) is 18.9. The molecule has 2 heterocycles. The number of nitrogens with zero attached hydrogens (tertiary/aromatic N) is 2. The van der Waals surface area contributed by atoms with E-state index >= 15 is 0 Å². The molecule has 0 atom stereocenters.